The van der Waals surface area contributed by atoms with E-state index in [1.165, 1.54) is 44.9 Å². The zero-order chi connectivity index (χ0) is 17.9. The first-order valence-electron chi connectivity index (χ1n) is 9.26. The van der Waals surface area contributed by atoms with Crippen LogP contribution in [0, 0.1) is 10.1 Å². The number of allylic oxidation sites excluding steroid dienone is 6. The molecule has 0 heterocycles. The molecular weight excluding hydrogens is 302 g/mol. The van der Waals surface area contributed by atoms with Crippen LogP contribution in [-0.4, -0.2) is 17.3 Å². The molecule has 1 atom stereocenters. The normalized spacial score (nSPS) is 13.2. The molecule has 0 spiro atoms. The van der Waals surface area contributed by atoms with Crippen LogP contribution in [0.25, 0.3) is 0 Å². The van der Waals surface area contributed by atoms with Crippen molar-refractivity contribution in [3.8, 4) is 0 Å². The van der Waals surface area contributed by atoms with E-state index in [-0.39, 0.29) is 6.42 Å². The minimum absolute atomic E-state index is 0.276. The highest BCUT2D eigenvalue weighted by Gasteiger charge is 2.16. The molecule has 4 nitrogen and oxygen atoms in total. The van der Waals surface area contributed by atoms with Crippen molar-refractivity contribution in [2.45, 2.75) is 83.6 Å². The van der Waals surface area contributed by atoms with E-state index >= 15 is 0 Å². The summed E-state index contributed by atoms with van der Waals surface area (Å²) in [5, 5.41) is 10.5. The largest absolute Gasteiger partial charge is 0.296 e. The van der Waals surface area contributed by atoms with Gasteiger partial charge in [0.15, 0.2) is 6.29 Å². The maximum atomic E-state index is 10.5. The summed E-state index contributed by atoms with van der Waals surface area (Å²) < 4.78 is 0. The minimum atomic E-state index is -1.07. The third-order valence-corrected chi connectivity index (χ3v) is 3.83. The summed E-state index contributed by atoms with van der Waals surface area (Å²) >= 11 is 0. The Balaban J connectivity index is 3.48. The first-order chi connectivity index (χ1) is 11.7. The van der Waals surface area contributed by atoms with E-state index in [1.807, 2.05) is 12.2 Å². The topological polar surface area (TPSA) is 60.2 Å². The third kappa shape index (κ3) is 15.2. The quantitative estimate of drug-likeness (QED) is 0.117. The van der Waals surface area contributed by atoms with Crippen LogP contribution in [0.5, 0.6) is 0 Å². The van der Waals surface area contributed by atoms with E-state index in [2.05, 4.69) is 31.2 Å². The molecular formula is C20H33NO3. The highest BCUT2D eigenvalue weighted by Crippen LogP contribution is 2.07. The van der Waals surface area contributed by atoms with Gasteiger partial charge in [-0.3, -0.25) is 14.9 Å². The van der Waals surface area contributed by atoms with Crippen LogP contribution in [0.15, 0.2) is 36.5 Å². The van der Waals surface area contributed by atoms with Gasteiger partial charge in [-0.25, -0.2) is 0 Å². The monoisotopic (exact) mass is 335 g/mol. The number of rotatable bonds is 16. The fourth-order valence-corrected chi connectivity index (χ4v) is 2.31. The van der Waals surface area contributed by atoms with Gasteiger partial charge in [0.25, 0.3) is 6.04 Å². The van der Waals surface area contributed by atoms with E-state index < -0.39 is 11.0 Å². The molecule has 0 aliphatic carbocycles. The van der Waals surface area contributed by atoms with Gasteiger partial charge in [0.2, 0.25) is 0 Å². The summed E-state index contributed by atoms with van der Waals surface area (Å²) in [4.78, 5) is 20.4. The molecule has 0 fully saturated rings. The van der Waals surface area contributed by atoms with Gasteiger partial charge in [-0.15, -0.1) is 0 Å². The van der Waals surface area contributed by atoms with Gasteiger partial charge in [0.05, 0.1) is 0 Å². The van der Waals surface area contributed by atoms with Gasteiger partial charge >= 0.3 is 0 Å². The average molecular weight is 335 g/mol. The Morgan fingerprint density at radius 1 is 0.833 bits per heavy atom. The number of aldehydes is 1. The number of nitrogens with zero attached hydrogens (tertiary/aromatic N) is 1. The first-order valence-corrected chi connectivity index (χ1v) is 9.26. The maximum absolute atomic E-state index is 10.5. The van der Waals surface area contributed by atoms with E-state index in [0.717, 1.165) is 12.8 Å². The van der Waals surface area contributed by atoms with Crippen molar-refractivity contribution in [2.24, 2.45) is 0 Å². The van der Waals surface area contributed by atoms with Crippen LogP contribution in [0.2, 0.25) is 0 Å². The minimum Gasteiger partial charge on any atom is -0.296 e. The molecule has 0 aliphatic rings. The standard InChI is InChI=1S/C20H33NO3/c1-2-3-4-5-6-7-8-9-10-11-12-13-14-15-16-17-18-20(19-22)21(23)24/h9-10,12-13,15-16,19-20H,2-8,11,14,17-18H2,1H3/b10-9+,13-12+,16-15+. The molecule has 4 heteroatoms. The van der Waals surface area contributed by atoms with Gasteiger partial charge in [-0.2, -0.15) is 0 Å². The highest BCUT2D eigenvalue weighted by atomic mass is 16.6. The molecule has 0 rings (SSSR count). The van der Waals surface area contributed by atoms with Crippen molar-refractivity contribution in [1.29, 1.82) is 0 Å². The summed E-state index contributed by atoms with van der Waals surface area (Å²) in [5.41, 5.74) is 0. The number of nitro groups is 1. The van der Waals surface area contributed by atoms with Crippen molar-refractivity contribution >= 4 is 6.29 Å². The van der Waals surface area contributed by atoms with Crippen LogP contribution in [0.4, 0.5) is 0 Å². The second-order valence-electron chi connectivity index (χ2n) is 6.01. The molecule has 136 valence electrons. The second kappa shape index (κ2) is 17.6. The summed E-state index contributed by atoms with van der Waals surface area (Å²) in [5.74, 6) is 0. The lowest BCUT2D eigenvalue weighted by Gasteiger charge is -1.98. The molecule has 0 saturated carbocycles. The van der Waals surface area contributed by atoms with Crippen LogP contribution in [-0.2, 0) is 4.79 Å². The van der Waals surface area contributed by atoms with Crippen LogP contribution in [0.3, 0.4) is 0 Å². The van der Waals surface area contributed by atoms with E-state index in [9.17, 15) is 14.9 Å². The molecule has 0 radical (unpaired) electrons. The third-order valence-electron chi connectivity index (χ3n) is 3.83. The molecule has 0 bridgehead atoms. The van der Waals surface area contributed by atoms with Gasteiger partial charge < -0.3 is 0 Å². The fraction of sp³-hybridized carbons (Fsp3) is 0.650. The van der Waals surface area contributed by atoms with Crippen LogP contribution < -0.4 is 0 Å². The van der Waals surface area contributed by atoms with Gasteiger partial charge in [0.1, 0.15) is 0 Å². The zero-order valence-electron chi connectivity index (χ0n) is 15.1. The molecule has 1 unspecified atom stereocenters. The Hall–Kier alpha value is -1.71. The summed E-state index contributed by atoms with van der Waals surface area (Å²) in [7, 11) is 0. The Morgan fingerprint density at radius 2 is 1.38 bits per heavy atom. The highest BCUT2D eigenvalue weighted by molar-refractivity contribution is 5.55. The number of carbonyl (C=O) groups excluding carboxylic acids is 1. The van der Waals surface area contributed by atoms with Crippen molar-refractivity contribution in [3.05, 3.63) is 46.6 Å². The lowest BCUT2D eigenvalue weighted by molar-refractivity contribution is -0.505. The lowest BCUT2D eigenvalue weighted by atomic mass is 10.1. The fourth-order valence-electron chi connectivity index (χ4n) is 2.31. The predicted octanol–water partition coefficient (Wildman–Crippen LogP) is 5.81. The Kier molecular flexibility index (Phi) is 16.4. The summed E-state index contributed by atoms with van der Waals surface area (Å²) in [6.07, 6.45) is 24.8. The van der Waals surface area contributed by atoms with E-state index in [4.69, 9.17) is 0 Å². The first kappa shape index (κ1) is 22.3. The number of unbranched alkanes of at least 4 members (excludes halogenated alkanes) is 6. The number of carbonyl (C=O) groups is 1. The molecule has 0 aliphatic heterocycles. The SMILES string of the molecule is CCCCCCCC/C=C/C/C=C/C/C=C/CCC(C=O)[N+](=O)[O-]. The molecule has 0 amide bonds. The summed E-state index contributed by atoms with van der Waals surface area (Å²) in [6, 6.07) is -1.07. The molecule has 0 aromatic heterocycles. The second-order valence-corrected chi connectivity index (χ2v) is 6.01. The average Bonchev–Trinajstić information content (AvgIpc) is 2.57. The molecule has 0 aromatic carbocycles. The maximum Gasteiger partial charge on any atom is 0.267 e. The smallest absolute Gasteiger partial charge is 0.267 e. The molecule has 0 aromatic rings. The Bertz CT molecular complexity index is 400. The number of hydrogen-bond acceptors (Lipinski definition) is 3. The van der Waals surface area contributed by atoms with E-state index in [0.29, 0.717) is 12.7 Å². The van der Waals surface area contributed by atoms with Crippen molar-refractivity contribution in [2.75, 3.05) is 0 Å². The van der Waals surface area contributed by atoms with Crippen molar-refractivity contribution in [3.63, 3.8) is 0 Å². The molecule has 0 saturated heterocycles. The lowest BCUT2D eigenvalue weighted by Crippen LogP contribution is -2.20. The van der Waals surface area contributed by atoms with Crippen LogP contribution in [0.1, 0.15) is 77.6 Å². The Morgan fingerprint density at radius 3 is 1.96 bits per heavy atom. The van der Waals surface area contributed by atoms with Crippen LogP contribution >= 0.6 is 0 Å². The molecule has 24 heavy (non-hydrogen) atoms. The zero-order valence-corrected chi connectivity index (χ0v) is 15.1. The Labute approximate surface area is 146 Å². The molecule has 0 N–H and O–H groups in total. The van der Waals surface area contributed by atoms with Crippen molar-refractivity contribution in [1.82, 2.24) is 0 Å². The van der Waals surface area contributed by atoms with Gasteiger partial charge in [-0.05, 0) is 32.1 Å². The summed E-state index contributed by atoms with van der Waals surface area (Å²) in [6.45, 7) is 2.24. The van der Waals surface area contributed by atoms with Crippen molar-refractivity contribution < 1.29 is 9.72 Å². The van der Waals surface area contributed by atoms with Gasteiger partial charge in [-0.1, -0.05) is 75.5 Å². The number of hydrogen-bond donors (Lipinski definition) is 0. The predicted molar refractivity (Wildman–Crippen MR) is 101 cm³/mol. The van der Waals surface area contributed by atoms with Gasteiger partial charge in [0, 0.05) is 11.3 Å². The van der Waals surface area contributed by atoms with E-state index in [1.54, 1.807) is 0 Å².